The molecule has 6 nitrogen and oxygen atoms in total. The molecule has 4 rings (SSSR count). The molecular formula is C14H14N4O2. The van der Waals surface area contributed by atoms with Gasteiger partial charge in [0.2, 0.25) is 0 Å². The lowest BCUT2D eigenvalue weighted by molar-refractivity contribution is -0.00488. The number of aromatic nitrogens is 3. The summed E-state index contributed by atoms with van der Waals surface area (Å²) >= 11 is 0. The summed E-state index contributed by atoms with van der Waals surface area (Å²) < 4.78 is 7.70. The fourth-order valence-corrected chi connectivity index (χ4v) is 2.92. The molecule has 0 N–H and O–H groups in total. The minimum Gasteiger partial charge on any atom is -0.368 e. The van der Waals surface area contributed by atoms with E-state index in [1.807, 2.05) is 39.9 Å². The van der Waals surface area contributed by atoms with Crippen molar-refractivity contribution in [2.75, 3.05) is 13.1 Å². The van der Waals surface area contributed by atoms with Crippen molar-refractivity contribution in [3.05, 3.63) is 47.8 Å². The Morgan fingerprint density at radius 1 is 1.25 bits per heavy atom. The van der Waals surface area contributed by atoms with Crippen molar-refractivity contribution in [2.45, 2.75) is 18.8 Å². The van der Waals surface area contributed by atoms with Gasteiger partial charge in [0.05, 0.1) is 30.6 Å². The fourth-order valence-electron chi connectivity index (χ4n) is 2.92. The molecule has 0 bridgehead atoms. The standard InChI is InChI=1S/C14H14N4O2/c19-14(10-4-2-1-3-5-10)17-7-12-13(8-17)20-9-11-6-15-16-18(11)12/h1-6,12-13H,7-9H2/t12?,13-/m1/s1. The van der Waals surface area contributed by atoms with E-state index in [1.54, 1.807) is 6.20 Å². The van der Waals surface area contributed by atoms with Crippen molar-refractivity contribution < 1.29 is 9.53 Å². The second kappa shape index (κ2) is 4.42. The predicted molar refractivity (Wildman–Crippen MR) is 70.0 cm³/mol. The monoisotopic (exact) mass is 270 g/mol. The van der Waals surface area contributed by atoms with Crippen LogP contribution in [-0.4, -0.2) is 45.0 Å². The van der Waals surface area contributed by atoms with Crippen LogP contribution in [-0.2, 0) is 11.3 Å². The molecule has 1 saturated heterocycles. The molecule has 2 atom stereocenters. The topological polar surface area (TPSA) is 60.3 Å². The van der Waals surface area contributed by atoms with Gasteiger partial charge in [0.1, 0.15) is 0 Å². The van der Waals surface area contributed by atoms with Crippen LogP contribution >= 0.6 is 0 Å². The smallest absolute Gasteiger partial charge is 0.254 e. The minimum atomic E-state index is 0.0110. The molecule has 0 aliphatic carbocycles. The molecular weight excluding hydrogens is 256 g/mol. The Hall–Kier alpha value is -2.21. The summed E-state index contributed by atoms with van der Waals surface area (Å²) in [5, 5.41) is 8.04. The van der Waals surface area contributed by atoms with Crippen LogP contribution in [0, 0.1) is 0 Å². The molecule has 6 heteroatoms. The number of benzene rings is 1. The number of hydrogen-bond donors (Lipinski definition) is 0. The third-order valence-electron chi connectivity index (χ3n) is 3.95. The first kappa shape index (κ1) is 11.6. The molecule has 0 saturated carbocycles. The first-order valence-corrected chi connectivity index (χ1v) is 6.68. The number of hydrogen-bond acceptors (Lipinski definition) is 4. The van der Waals surface area contributed by atoms with E-state index in [-0.39, 0.29) is 18.1 Å². The molecule has 1 fully saturated rings. The Bertz CT molecular complexity index is 640. The van der Waals surface area contributed by atoms with Gasteiger partial charge in [-0.15, -0.1) is 5.10 Å². The van der Waals surface area contributed by atoms with Gasteiger partial charge in [-0.05, 0) is 12.1 Å². The van der Waals surface area contributed by atoms with Gasteiger partial charge < -0.3 is 9.64 Å². The van der Waals surface area contributed by atoms with Crippen molar-refractivity contribution in [1.29, 1.82) is 0 Å². The Kier molecular flexibility index (Phi) is 2.56. The van der Waals surface area contributed by atoms with E-state index in [0.29, 0.717) is 25.3 Å². The normalized spacial score (nSPS) is 24.3. The lowest BCUT2D eigenvalue weighted by atomic mass is 10.2. The number of ether oxygens (including phenoxy) is 1. The zero-order valence-corrected chi connectivity index (χ0v) is 10.8. The zero-order valence-electron chi connectivity index (χ0n) is 10.8. The molecule has 1 aromatic carbocycles. The van der Waals surface area contributed by atoms with Crippen LogP contribution in [0.15, 0.2) is 36.5 Å². The van der Waals surface area contributed by atoms with Crippen molar-refractivity contribution in [3.63, 3.8) is 0 Å². The average molecular weight is 270 g/mol. The van der Waals surface area contributed by atoms with Crippen LogP contribution in [0.1, 0.15) is 22.1 Å². The molecule has 1 unspecified atom stereocenters. The average Bonchev–Trinajstić information content (AvgIpc) is 3.12. The number of carbonyl (C=O) groups is 1. The summed E-state index contributed by atoms with van der Waals surface area (Å²) in [4.78, 5) is 14.3. The van der Waals surface area contributed by atoms with Crippen LogP contribution in [0.4, 0.5) is 0 Å². The molecule has 0 spiro atoms. The summed E-state index contributed by atoms with van der Waals surface area (Å²) in [5.41, 5.74) is 1.69. The number of fused-ring (bicyclic) bond motifs is 3. The van der Waals surface area contributed by atoms with Gasteiger partial charge in [-0.25, -0.2) is 4.68 Å². The van der Waals surface area contributed by atoms with E-state index < -0.39 is 0 Å². The van der Waals surface area contributed by atoms with Crippen LogP contribution in [0.5, 0.6) is 0 Å². The van der Waals surface area contributed by atoms with Gasteiger partial charge in [-0.3, -0.25) is 4.79 Å². The third kappa shape index (κ3) is 1.72. The Morgan fingerprint density at radius 3 is 2.95 bits per heavy atom. The SMILES string of the molecule is O=C(c1ccccc1)N1CC2[C@@H](C1)OCc1cnnn12. The lowest BCUT2D eigenvalue weighted by Gasteiger charge is -2.25. The summed E-state index contributed by atoms with van der Waals surface area (Å²) in [6, 6.07) is 9.42. The molecule has 20 heavy (non-hydrogen) atoms. The van der Waals surface area contributed by atoms with Gasteiger partial charge in [0.25, 0.3) is 5.91 Å². The lowest BCUT2D eigenvalue weighted by Crippen LogP contribution is -2.32. The third-order valence-corrected chi connectivity index (χ3v) is 3.95. The van der Waals surface area contributed by atoms with Crippen LogP contribution < -0.4 is 0 Å². The minimum absolute atomic E-state index is 0.0110. The number of rotatable bonds is 1. The second-order valence-corrected chi connectivity index (χ2v) is 5.16. The van der Waals surface area contributed by atoms with Crippen molar-refractivity contribution in [1.82, 2.24) is 19.9 Å². The molecule has 102 valence electrons. The van der Waals surface area contributed by atoms with Gasteiger partial charge in [-0.1, -0.05) is 23.4 Å². The van der Waals surface area contributed by atoms with E-state index in [9.17, 15) is 4.79 Å². The second-order valence-electron chi connectivity index (χ2n) is 5.16. The first-order chi connectivity index (χ1) is 9.83. The van der Waals surface area contributed by atoms with E-state index in [2.05, 4.69) is 10.3 Å². The van der Waals surface area contributed by atoms with Crippen LogP contribution in [0.3, 0.4) is 0 Å². The van der Waals surface area contributed by atoms with Gasteiger partial charge in [-0.2, -0.15) is 0 Å². The summed E-state index contributed by atoms with van der Waals surface area (Å²) in [5.74, 6) is 0.0465. The van der Waals surface area contributed by atoms with Crippen molar-refractivity contribution in [2.24, 2.45) is 0 Å². The Labute approximate surface area is 115 Å². The molecule has 0 radical (unpaired) electrons. The van der Waals surface area contributed by atoms with Gasteiger partial charge in [0, 0.05) is 18.7 Å². The first-order valence-electron chi connectivity index (χ1n) is 6.68. The molecule has 2 aliphatic heterocycles. The fraction of sp³-hybridized carbons (Fsp3) is 0.357. The number of amides is 1. The highest BCUT2D eigenvalue weighted by Gasteiger charge is 2.41. The maximum atomic E-state index is 12.5. The molecule has 2 aliphatic rings. The zero-order chi connectivity index (χ0) is 13.5. The Balaban J connectivity index is 1.58. The molecule has 1 amide bonds. The van der Waals surface area contributed by atoms with Gasteiger partial charge >= 0.3 is 0 Å². The highest BCUT2D eigenvalue weighted by atomic mass is 16.5. The summed E-state index contributed by atoms with van der Waals surface area (Å²) in [6.45, 7) is 1.74. The maximum absolute atomic E-state index is 12.5. The van der Waals surface area contributed by atoms with E-state index in [4.69, 9.17) is 4.74 Å². The van der Waals surface area contributed by atoms with Crippen LogP contribution in [0.25, 0.3) is 0 Å². The summed E-state index contributed by atoms with van der Waals surface area (Å²) in [6.07, 6.45) is 1.73. The largest absolute Gasteiger partial charge is 0.368 e. The molecule has 1 aromatic heterocycles. The maximum Gasteiger partial charge on any atom is 0.254 e. The van der Waals surface area contributed by atoms with E-state index >= 15 is 0 Å². The van der Waals surface area contributed by atoms with E-state index in [1.165, 1.54) is 0 Å². The van der Waals surface area contributed by atoms with Crippen LogP contribution in [0.2, 0.25) is 0 Å². The quantitative estimate of drug-likeness (QED) is 0.771. The number of nitrogens with zero attached hydrogens (tertiary/aromatic N) is 4. The Morgan fingerprint density at radius 2 is 2.10 bits per heavy atom. The number of likely N-dealkylation sites (tertiary alicyclic amines) is 1. The molecule has 2 aromatic rings. The highest BCUT2D eigenvalue weighted by molar-refractivity contribution is 5.94. The van der Waals surface area contributed by atoms with Crippen molar-refractivity contribution >= 4 is 5.91 Å². The molecule has 3 heterocycles. The van der Waals surface area contributed by atoms with E-state index in [0.717, 1.165) is 5.69 Å². The van der Waals surface area contributed by atoms with Crippen molar-refractivity contribution in [3.8, 4) is 0 Å². The summed E-state index contributed by atoms with van der Waals surface area (Å²) in [7, 11) is 0. The predicted octanol–water partition coefficient (Wildman–Crippen LogP) is 0.874. The van der Waals surface area contributed by atoms with Gasteiger partial charge in [0.15, 0.2) is 0 Å². The highest BCUT2D eigenvalue weighted by Crippen LogP contribution is 2.30. The number of carbonyl (C=O) groups excluding carboxylic acids is 1.